The molecule has 1 heterocycles. The number of likely N-dealkylation sites (tertiary alicyclic amines) is 1. The van der Waals surface area contributed by atoms with Gasteiger partial charge in [-0.2, -0.15) is 0 Å². The lowest BCUT2D eigenvalue weighted by Gasteiger charge is -2.16. The molecule has 19 heavy (non-hydrogen) atoms. The number of nitrogens with one attached hydrogen (secondary N) is 2. The monoisotopic (exact) mass is 271 g/mol. The van der Waals surface area contributed by atoms with Gasteiger partial charge in [0.2, 0.25) is 11.9 Å². The highest BCUT2D eigenvalue weighted by atomic mass is 16.5. The molecule has 0 spiro atoms. The number of ether oxygens (including phenoxy) is 1. The van der Waals surface area contributed by atoms with Crippen LogP contribution in [0.1, 0.15) is 26.2 Å². The van der Waals surface area contributed by atoms with Crippen LogP contribution < -0.4 is 16.6 Å². The van der Waals surface area contributed by atoms with E-state index >= 15 is 0 Å². The number of methoxy groups -OCH3 is 1. The van der Waals surface area contributed by atoms with Crippen molar-refractivity contribution in [2.45, 2.75) is 32.2 Å². The Morgan fingerprint density at radius 1 is 1.47 bits per heavy atom. The lowest BCUT2D eigenvalue weighted by molar-refractivity contribution is -0.129. The van der Waals surface area contributed by atoms with E-state index in [-0.39, 0.29) is 11.9 Å². The molecule has 1 saturated heterocycles. The molecule has 1 aliphatic heterocycles. The number of carbonyl (C=O) groups excluding carboxylic acids is 1. The van der Waals surface area contributed by atoms with Gasteiger partial charge in [-0.05, 0) is 19.8 Å². The minimum atomic E-state index is 0.106. The van der Waals surface area contributed by atoms with E-state index in [4.69, 9.17) is 10.6 Å². The second-order valence-electron chi connectivity index (χ2n) is 4.71. The third-order valence-corrected chi connectivity index (χ3v) is 2.99. The molecular weight excluding hydrogens is 246 g/mol. The van der Waals surface area contributed by atoms with Crippen LogP contribution in [0.4, 0.5) is 0 Å². The number of hydrazine groups is 1. The van der Waals surface area contributed by atoms with Crippen LogP contribution in [-0.4, -0.2) is 56.2 Å². The van der Waals surface area contributed by atoms with Crippen LogP contribution >= 0.6 is 0 Å². The minimum absolute atomic E-state index is 0.106. The number of guanidine groups is 1. The number of amides is 1. The standard InChI is InChI=1S/C12H25N5O2/c1-10(9-19-2)15-12(16-13)14-6-5-11(18)17-7-3-4-8-17/h10H,3-9,13H2,1-2H3,(H2,14,15,16). The van der Waals surface area contributed by atoms with Gasteiger partial charge in [0, 0.05) is 32.7 Å². The summed E-state index contributed by atoms with van der Waals surface area (Å²) in [5.74, 6) is 6.03. The predicted octanol–water partition coefficient (Wildman–Crippen LogP) is -0.557. The van der Waals surface area contributed by atoms with Gasteiger partial charge in [-0.25, -0.2) is 5.84 Å². The predicted molar refractivity (Wildman–Crippen MR) is 74.5 cm³/mol. The van der Waals surface area contributed by atoms with Crippen molar-refractivity contribution in [3.05, 3.63) is 0 Å². The Hall–Kier alpha value is -1.34. The van der Waals surface area contributed by atoms with Crippen molar-refractivity contribution >= 4 is 11.9 Å². The van der Waals surface area contributed by atoms with Gasteiger partial charge >= 0.3 is 0 Å². The van der Waals surface area contributed by atoms with Crippen LogP contribution in [0.25, 0.3) is 0 Å². The fraction of sp³-hybridized carbons (Fsp3) is 0.833. The average molecular weight is 271 g/mol. The Balaban J connectivity index is 2.29. The van der Waals surface area contributed by atoms with E-state index in [2.05, 4.69) is 15.7 Å². The lowest BCUT2D eigenvalue weighted by Crippen LogP contribution is -2.47. The van der Waals surface area contributed by atoms with Crippen molar-refractivity contribution in [1.29, 1.82) is 0 Å². The van der Waals surface area contributed by atoms with Crippen molar-refractivity contribution in [3.63, 3.8) is 0 Å². The quantitative estimate of drug-likeness (QED) is 0.261. The summed E-state index contributed by atoms with van der Waals surface area (Å²) in [6.07, 6.45) is 2.65. The van der Waals surface area contributed by atoms with E-state index < -0.39 is 0 Å². The van der Waals surface area contributed by atoms with Crippen molar-refractivity contribution in [2.75, 3.05) is 33.4 Å². The zero-order chi connectivity index (χ0) is 14.1. The molecule has 0 bridgehead atoms. The van der Waals surface area contributed by atoms with Gasteiger partial charge < -0.3 is 15.0 Å². The third-order valence-electron chi connectivity index (χ3n) is 2.99. The van der Waals surface area contributed by atoms with Gasteiger partial charge in [-0.3, -0.25) is 15.2 Å². The first-order valence-electron chi connectivity index (χ1n) is 6.71. The van der Waals surface area contributed by atoms with E-state index in [1.807, 2.05) is 11.8 Å². The summed E-state index contributed by atoms with van der Waals surface area (Å²) in [4.78, 5) is 17.9. The molecule has 0 aromatic carbocycles. The first-order valence-corrected chi connectivity index (χ1v) is 6.71. The first kappa shape index (κ1) is 15.7. The Bertz CT molecular complexity index is 302. The maximum atomic E-state index is 11.8. The molecule has 7 nitrogen and oxygen atoms in total. The van der Waals surface area contributed by atoms with Crippen molar-refractivity contribution in [2.24, 2.45) is 10.8 Å². The van der Waals surface area contributed by atoms with Crippen molar-refractivity contribution in [3.8, 4) is 0 Å². The Labute approximate surface area is 114 Å². The molecular formula is C12H25N5O2. The number of hydrogen-bond donors (Lipinski definition) is 3. The molecule has 1 aliphatic rings. The Morgan fingerprint density at radius 2 is 2.16 bits per heavy atom. The Morgan fingerprint density at radius 3 is 2.74 bits per heavy atom. The van der Waals surface area contributed by atoms with Crippen LogP contribution in [-0.2, 0) is 9.53 Å². The number of hydrogen-bond acceptors (Lipinski definition) is 4. The van der Waals surface area contributed by atoms with E-state index in [1.165, 1.54) is 0 Å². The molecule has 0 aromatic heterocycles. The van der Waals surface area contributed by atoms with Gasteiger partial charge in [0.1, 0.15) is 0 Å². The number of rotatable bonds is 6. The molecule has 1 amide bonds. The lowest BCUT2D eigenvalue weighted by atomic mass is 10.3. The molecule has 110 valence electrons. The summed E-state index contributed by atoms with van der Waals surface area (Å²) >= 11 is 0. The van der Waals surface area contributed by atoms with Crippen LogP contribution in [0.3, 0.4) is 0 Å². The molecule has 0 radical (unpaired) electrons. The van der Waals surface area contributed by atoms with E-state index in [9.17, 15) is 4.79 Å². The van der Waals surface area contributed by atoms with Gasteiger partial charge in [0.25, 0.3) is 0 Å². The third kappa shape index (κ3) is 5.89. The second-order valence-corrected chi connectivity index (χ2v) is 4.71. The SMILES string of the molecule is COCC(C)NC(=NCCC(=O)N1CCCC1)NN. The molecule has 1 unspecified atom stereocenters. The normalized spacial score (nSPS) is 17.4. The molecule has 0 aromatic rings. The fourth-order valence-corrected chi connectivity index (χ4v) is 2.05. The molecule has 0 saturated carbocycles. The van der Waals surface area contributed by atoms with Crippen LogP contribution in [0.5, 0.6) is 0 Å². The van der Waals surface area contributed by atoms with E-state index in [0.29, 0.717) is 25.5 Å². The van der Waals surface area contributed by atoms with Crippen LogP contribution in [0, 0.1) is 0 Å². The highest BCUT2D eigenvalue weighted by molar-refractivity contribution is 5.80. The topological polar surface area (TPSA) is 92.0 Å². The molecule has 1 atom stereocenters. The molecule has 1 rings (SSSR count). The van der Waals surface area contributed by atoms with Crippen molar-refractivity contribution in [1.82, 2.24) is 15.6 Å². The van der Waals surface area contributed by atoms with E-state index in [0.717, 1.165) is 25.9 Å². The van der Waals surface area contributed by atoms with E-state index in [1.54, 1.807) is 7.11 Å². The summed E-state index contributed by atoms with van der Waals surface area (Å²) in [6, 6.07) is 0.106. The second kappa shape index (κ2) is 8.71. The largest absolute Gasteiger partial charge is 0.383 e. The summed E-state index contributed by atoms with van der Waals surface area (Å²) in [6.45, 7) is 4.72. The smallest absolute Gasteiger partial charge is 0.224 e. The van der Waals surface area contributed by atoms with Crippen LogP contribution in [0.2, 0.25) is 0 Å². The van der Waals surface area contributed by atoms with Crippen LogP contribution in [0.15, 0.2) is 4.99 Å². The Kier molecular flexibility index (Phi) is 7.20. The fourth-order valence-electron chi connectivity index (χ4n) is 2.05. The first-order chi connectivity index (χ1) is 9.17. The number of carbonyl (C=O) groups is 1. The number of nitrogens with zero attached hydrogens (tertiary/aromatic N) is 2. The minimum Gasteiger partial charge on any atom is -0.383 e. The van der Waals surface area contributed by atoms with Crippen molar-refractivity contribution < 1.29 is 9.53 Å². The molecule has 1 fully saturated rings. The maximum Gasteiger partial charge on any atom is 0.224 e. The summed E-state index contributed by atoms with van der Waals surface area (Å²) in [5.41, 5.74) is 2.49. The summed E-state index contributed by atoms with van der Waals surface area (Å²) in [7, 11) is 1.64. The molecule has 4 N–H and O–H groups in total. The highest BCUT2D eigenvalue weighted by Crippen LogP contribution is 2.08. The zero-order valence-corrected chi connectivity index (χ0v) is 11.8. The highest BCUT2D eigenvalue weighted by Gasteiger charge is 2.17. The van der Waals surface area contributed by atoms with Gasteiger partial charge in [-0.1, -0.05) is 0 Å². The summed E-state index contributed by atoms with van der Waals surface area (Å²) in [5, 5.41) is 3.07. The zero-order valence-electron chi connectivity index (χ0n) is 11.8. The number of nitrogens with two attached hydrogens (primary N) is 1. The number of aliphatic imine (C=N–C) groups is 1. The van der Waals surface area contributed by atoms with Gasteiger partial charge in [0.15, 0.2) is 0 Å². The molecule has 0 aliphatic carbocycles. The van der Waals surface area contributed by atoms with Gasteiger partial charge in [0.05, 0.1) is 13.2 Å². The average Bonchev–Trinajstić information content (AvgIpc) is 2.91. The molecule has 7 heteroatoms. The summed E-state index contributed by atoms with van der Waals surface area (Å²) < 4.78 is 5.01. The van der Waals surface area contributed by atoms with Gasteiger partial charge in [-0.15, -0.1) is 0 Å². The maximum absolute atomic E-state index is 11.8.